The van der Waals surface area contributed by atoms with E-state index in [1.807, 2.05) is 37.4 Å². The molecule has 2 N–H and O–H groups in total. The van der Waals surface area contributed by atoms with Gasteiger partial charge in [-0.3, -0.25) is 14.4 Å². The Morgan fingerprint density at radius 3 is 2.14 bits per heavy atom. The second kappa shape index (κ2) is 7.81. The van der Waals surface area contributed by atoms with Crippen LogP contribution >= 0.6 is 0 Å². The molecule has 0 aromatic heterocycles. The van der Waals surface area contributed by atoms with Crippen molar-refractivity contribution < 1.29 is 19.3 Å². The minimum absolute atomic E-state index is 0.196. The zero-order valence-electron chi connectivity index (χ0n) is 16.1. The molecule has 1 aliphatic rings. The fourth-order valence-corrected chi connectivity index (χ4v) is 3.72. The van der Waals surface area contributed by atoms with E-state index >= 15 is 0 Å². The van der Waals surface area contributed by atoms with E-state index in [4.69, 9.17) is 0 Å². The van der Waals surface area contributed by atoms with Crippen molar-refractivity contribution in [3.05, 3.63) is 101 Å². The quantitative estimate of drug-likeness (QED) is 0.553. The van der Waals surface area contributed by atoms with Crippen LogP contribution in [0.5, 0.6) is 0 Å². The minimum atomic E-state index is -0.240. The molecule has 1 aliphatic carbocycles. The average Bonchev–Trinajstić information content (AvgIpc) is 2.72. The van der Waals surface area contributed by atoms with Crippen LogP contribution in [0.2, 0.25) is 0 Å². The van der Waals surface area contributed by atoms with Crippen molar-refractivity contribution in [2.45, 2.75) is 6.54 Å². The first kappa shape index (κ1) is 18.8. The predicted molar refractivity (Wildman–Crippen MR) is 110 cm³/mol. The van der Waals surface area contributed by atoms with E-state index < -0.39 is 0 Å². The summed E-state index contributed by atoms with van der Waals surface area (Å²) in [5.74, 6) is -0.639. The molecule has 1 atom stereocenters. The van der Waals surface area contributed by atoms with Crippen molar-refractivity contribution in [1.29, 1.82) is 0 Å². The standard InChI is InChI=1S/C24H20N2O3/c1-26(14-16-8-3-2-4-9-16)15-21(27)25-20-13-7-12-19-22(20)24(29)18-11-6-5-10-17(18)23(19)28/h2-13H,14-15H2,1H3,(H,25,27)/p+1. The first-order valence-electron chi connectivity index (χ1n) is 9.51. The summed E-state index contributed by atoms with van der Waals surface area (Å²) in [6, 6.07) is 21.7. The number of carbonyl (C=O) groups excluding carboxylic acids is 3. The Labute approximate surface area is 169 Å². The Morgan fingerprint density at radius 1 is 0.793 bits per heavy atom. The molecule has 144 valence electrons. The highest BCUT2D eigenvalue weighted by atomic mass is 16.2. The van der Waals surface area contributed by atoms with Crippen LogP contribution in [0.1, 0.15) is 37.4 Å². The van der Waals surface area contributed by atoms with E-state index in [2.05, 4.69) is 5.32 Å². The largest absolute Gasteiger partial charge is 0.326 e. The number of nitrogens with one attached hydrogen (secondary N) is 2. The number of hydrogen-bond donors (Lipinski definition) is 2. The van der Waals surface area contributed by atoms with Gasteiger partial charge in [0, 0.05) is 22.3 Å². The number of amides is 1. The summed E-state index contributed by atoms with van der Waals surface area (Å²) in [7, 11) is 1.94. The van der Waals surface area contributed by atoms with Gasteiger partial charge in [0.15, 0.2) is 18.1 Å². The molecular weight excluding hydrogens is 364 g/mol. The molecule has 0 aliphatic heterocycles. The summed E-state index contributed by atoms with van der Waals surface area (Å²) in [6.45, 7) is 0.962. The lowest BCUT2D eigenvalue weighted by molar-refractivity contribution is -0.885. The van der Waals surface area contributed by atoms with Crippen LogP contribution in [0.25, 0.3) is 0 Å². The van der Waals surface area contributed by atoms with Crippen molar-refractivity contribution in [1.82, 2.24) is 0 Å². The number of carbonyl (C=O) groups is 3. The van der Waals surface area contributed by atoms with Gasteiger partial charge >= 0.3 is 0 Å². The van der Waals surface area contributed by atoms with E-state index in [0.717, 1.165) is 10.5 Å². The van der Waals surface area contributed by atoms with E-state index in [1.165, 1.54) is 0 Å². The molecule has 0 bridgehead atoms. The second-order valence-electron chi connectivity index (χ2n) is 7.28. The van der Waals surface area contributed by atoms with Gasteiger partial charge in [0.05, 0.1) is 18.3 Å². The smallest absolute Gasteiger partial charge is 0.279 e. The lowest BCUT2D eigenvalue weighted by atomic mass is 9.83. The van der Waals surface area contributed by atoms with Crippen LogP contribution in [-0.4, -0.2) is 31.1 Å². The SMILES string of the molecule is C[NH+](CC(=O)Nc1cccc2c1C(=O)c1ccccc1C2=O)Cc1ccccc1. The van der Waals surface area contributed by atoms with Gasteiger partial charge in [0.1, 0.15) is 6.54 Å². The van der Waals surface area contributed by atoms with Crippen molar-refractivity contribution >= 4 is 23.2 Å². The Bertz CT molecular complexity index is 1110. The number of rotatable bonds is 5. The third-order valence-corrected chi connectivity index (χ3v) is 5.04. The van der Waals surface area contributed by atoms with Gasteiger partial charge in [0.25, 0.3) is 5.91 Å². The molecule has 3 aromatic carbocycles. The van der Waals surface area contributed by atoms with Gasteiger partial charge in [-0.1, -0.05) is 66.7 Å². The van der Waals surface area contributed by atoms with E-state index in [-0.39, 0.29) is 29.6 Å². The first-order chi connectivity index (χ1) is 14.0. The number of anilines is 1. The summed E-state index contributed by atoms with van der Waals surface area (Å²) in [5, 5.41) is 2.84. The summed E-state index contributed by atoms with van der Waals surface area (Å²) in [4.78, 5) is 39.4. The lowest BCUT2D eigenvalue weighted by Crippen LogP contribution is -3.08. The Hall–Kier alpha value is -3.57. The Morgan fingerprint density at radius 2 is 1.41 bits per heavy atom. The lowest BCUT2D eigenvalue weighted by Gasteiger charge is -2.20. The highest BCUT2D eigenvalue weighted by Crippen LogP contribution is 2.31. The molecule has 0 fully saturated rings. The molecular formula is C24H21N2O3+. The normalized spacial score (nSPS) is 13.4. The zero-order chi connectivity index (χ0) is 20.4. The van der Waals surface area contributed by atoms with Crippen LogP contribution < -0.4 is 10.2 Å². The topological polar surface area (TPSA) is 67.7 Å². The molecule has 3 aromatic rings. The second-order valence-corrected chi connectivity index (χ2v) is 7.28. The highest BCUT2D eigenvalue weighted by molar-refractivity contribution is 6.30. The minimum Gasteiger partial charge on any atom is -0.326 e. The van der Waals surface area contributed by atoms with Gasteiger partial charge in [-0.15, -0.1) is 0 Å². The third-order valence-electron chi connectivity index (χ3n) is 5.04. The van der Waals surface area contributed by atoms with Gasteiger partial charge in [-0.25, -0.2) is 0 Å². The van der Waals surface area contributed by atoms with Gasteiger partial charge in [0.2, 0.25) is 0 Å². The molecule has 0 saturated heterocycles. The summed E-state index contributed by atoms with van der Waals surface area (Å²) < 4.78 is 0. The average molecular weight is 385 g/mol. The van der Waals surface area contributed by atoms with Crippen molar-refractivity contribution in [3.63, 3.8) is 0 Å². The fraction of sp³-hybridized carbons (Fsp3) is 0.125. The molecule has 0 heterocycles. The predicted octanol–water partition coefficient (Wildman–Crippen LogP) is 2.12. The molecule has 1 unspecified atom stereocenters. The maximum atomic E-state index is 13.0. The zero-order valence-corrected chi connectivity index (χ0v) is 16.1. The van der Waals surface area contributed by atoms with Gasteiger partial charge < -0.3 is 10.2 Å². The fourth-order valence-electron chi connectivity index (χ4n) is 3.72. The number of likely N-dealkylation sites (N-methyl/N-ethyl adjacent to an activating group) is 1. The summed E-state index contributed by atoms with van der Waals surface area (Å²) in [5.41, 5.74) is 2.90. The van der Waals surface area contributed by atoms with Crippen LogP contribution in [0, 0.1) is 0 Å². The number of quaternary nitrogens is 1. The molecule has 0 radical (unpaired) electrons. The van der Waals surface area contributed by atoms with Crippen molar-refractivity contribution in [2.24, 2.45) is 0 Å². The van der Waals surface area contributed by atoms with Gasteiger partial charge in [-0.2, -0.15) is 0 Å². The number of ketones is 2. The monoisotopic (exact) mass is 385 g/mol. The first-order valence-corrected chi connectivity index (χ1v) is 9.51. The van der Waals surface area contributed by atoms with Gasteiger partial charge in [-0.05, 0) is 6.07 Å². The van der Waals surface area contributed by atoms with E-state index in [0.29, 0.717) is 28.9 Å². The molecule has 4 rings (SSSR count). The number of hydrogen-bond acceptors (Lipinski definition) is 3. The van der Waals surface area contributed by atoms with Crippen molar-refractivity contribution in [2.75, 3.05) is 18.9 Å². The maximum absolute atomic E-state index is 13.0. The number of benzene rings is 3. The van der Waals surface area contributed by atoms with Crippen LogP contribution in [0.4, 0.5) is 5.69 Å². The van der Waals surface area contributed by atoms with Crippen LogP contribution in [-0.2, 0) is 11.3 Å². The highest BCUT2D eigenvalue weighted by Gasteiger charge is 2.31. The van der Waals surface area contributed by atoms with Crippen LogP contribution in [0.15, 0.2) is 72.8 Å². The maximum Gasteiger partial charge on any atom is 0.279 e. The van der Waals surface area contributed by atoms with E-state index in [1.54, 1.807) is 42.5 Å². The van der Waals surface area contributed by atoms with Crippen molar-refractivity contribution in [3.8, 4) is 0 Å². The third kappa shape index (κ3) is 3.73. The Balaban J connectivity index is 1.54. The van der Waals surface area contributed by atoms with E-state index in [9.17, 15) is 14.4 Å². The molecule has 5 heteroatoms. The molecule has 29 heavy (non-hydrogen) atoms. The molecule has 0 spiro atoms. The summed E-state index contributed by atoms with van der Waals surface area (Å²) >= 11 is 0. The molecule has 0 saturated carbocycles. The summed E-state index contributed by atoms with van der Waals surface area (Å²) in [6.07, 6.45) is 0. The molecule has 1 amide bonds. The molecule has 5 nitrogen and oxygen atoms in total. The van der Waals surface area contributed by atoms with Crippen LogP contribution in [0.3, 0.4) is 0 Å². The number of fused-ring (bicyclic) bond motifs is 2. The Kier molecular flexibility index (Phi) is 5.06.